The molecule has 70 valence electrons. The SMILES string of the molecule is O=C(O)c1ccc(C(=O)O)cc1.[SiH4]. The fraction of sp³-hybridized carbons (Fsp3) is 0. The molecule has 0 aliphatic carbocycles. The Hall–Kier alpha value is -1.62. The minimum atomic E-state index is -1.06. The minimum absolute atomic E-state index is 0. The first-order valence-corrected chi connectivity index (χ1v) is 3.18. The smallest absolute Gasteiger partial charge is 0.335 e. The van der Waals surface area contributed by atoms with E-state index in [1.165, 1.54) is 24.3 Å². The number of rotatable bonds is 2. The Bertz CT molecular complexity index is 284. The standard InChI is InChI=1S/C8H6O4.H4Si/c9-7(10)5-1-2-6(4-3-5)8(11)12;/h1-4H,(H,9,10)(H,11,12);1H4. The van der Waals surface area contributed by atoms with Crippen LogP contribution in [0.1, 0.15) is 20.7 Å². The molecule has 4 nitrogen and oxygen atoms in total. The first-order chi connectivity index (χ1) is 5.61. The summed E-state index contributed by atoms with van der Waals surface area (Å²) in [6, 6.07) is 5.02. The van der Waals surface area contributed by atoms with Crippen LogP contribution in [-0.4, -0.2) is 33.1 Å². The summed E-state index contributed by atoms with van der Waals surface area (Å²) in [6.45, 7) is 0. The zero-order valence-corrected chi connectivity index (χ0v) is 6.02. The molecule has 0 heterocycles. The lowest BCUT2D eigenvalue weighted by Crippen LogP contribution is -1.99. The Balaban J connectivity index is 0.00000144. The van der Waals surface area contributed by atoms with Gasteiger partial charge in [0.15, 0.2) is 0 Å². The highest BCUT2D eigenvalue weighted by Gasteiger charge is 2.04. The summed E-state index contributed by atoms with van der Waals surface area (Å²) in [6.07, 6.45) is 0. The van der Waals surface area contributed by atoms with Crippen molar-refractivity contribution in [3.63, 3.8) is 0 Å². The Morgan fingerprint density at radius 3 is 1.23 bits per heavy atom. The summed E-state index contributed by atoms with van der Waals surface area (Å²) >= 11 is 0. The second kappa shape index (κ2) is 4.41. The van der Waals surface area contributed by atoms with Gasteiger partial charge in [0.2, 0.25) is 0 Å². The van der Waals surface area contributed by atoms with E-state index in [2.05, 4.69) is 0 Å². The maximum absolute atomic E-state index is 10.3. The van der Waals surface area contributed by atoms with Gasteiger partial charge in [-0.25, -0.2) is 9.59 Å². The Labute approximate surface area is 78.8 Å². The molecule has 1 rings (SSSR count). The molecule has 5 heteroatoms. The Morgan fingerprint density at radius 1 is 0.846 bits per heavy atom. The highest BCUT2D eigenvalue weighted by atomic mass is 28.1. The first-order valence-electron chi connectivity index (χ1n) is 3.18. The van der Waals surface area contributed by atoms with Gasteiger partial charge in [0.05, 0.1) is 11.1 Å². The van der Waals surface area contributed by atoms with Crippen LogP contribution < -0.4 is 0 Å². The topological polar surface area (TPSA) is 74.6 Å². The van der Waals surface area contributed by atoms with Crippen molar-refractivity contribution in [1.29, 1.82) is 0 Å². The number of aromatic carboxylic acids is 2. The van der Waals surface area contributed by atoms with Gasteiger partial charge < -0.3 is 10.2 Å². The second-order valence-electron chi connectivity index (χ2n) is 2.19. The molecular formula is C8H10O4Si. The van der Waals surface area contributed by atoms with E-state index < -0.39 is 11.9 Å². The minimum Gasteiger partial charge on any atom is -0.478 e. The molecular weight excluding hydrogens is 188 g/mol. The van der Waals surface area contributed by atoms with Crippen molar-refractivity contribution in [2.24, 2.45) is 0 Å². The van der Waals surface area contributed by atoms with Crippen LogP contribution in [0.15, 0.2) is 24.3 Å². The molecule has 13 heavy (non-hydrogen) atoms. The maximum atomic E-state index is 10.3. The van der Waals surface area contributed by atoms with Crippen LogP contribution in [0.2, 0.25) is 0 Å². The van der Waals surface area contributed by atoms with Gasteiger partial charge in [0, 0.05) is 0 Å². The number of benzene rings is 1. The number of carboxylic acid groups (broad SMARTS) is 2. The predicted octanol–water partition coefficient (Wildman–Crippen LogP) is -0.369. The van der Waals surface area contributed by atoms with Gasteiger partial charge >= 0.3 is 11.9 Å². The molecule has 1 aromatic carbocycles. The molecule has 0 spiro atoms. The van der Waals surface area contributed by atoms with Gasteiger partial charge in [-0.3, -0.25) is 0 Å². The van der Waals surface area contributed by atoms with Crippen molar-refractivity contribution in [2.75, 3.05) is 0 Å². The zero-order chi connectivity index (χ0) is 9.14. The van der Waals surface area contributed by atoms with Crippen LogP contribution >= 0.6 is 0 Å². The highest BCUT2D eigenvalue weighted by molar-refractivity contribution is 5.91. The fourth-order valence-corrected chi connectivity index (χ4v) is 0.755. The lowest BCUT2D eigenvalue weighted by atomic mass is 10.1. The van der Waals surface area contributed by atoms with Crippen molar-refractivity contribution < 1.29 is 19.8 Å². The number of hydrogen-bond acceptors (Lipinski definition) is 2. The molecule has 0 saturated carbocycles. The molecule has 1 aromatic rings. The molecule has 0 aliphatic heterocycles. The lowest BCUT2D eigenvalue weighted by molar-refractivity contribution is 0.0681. The molecule has 0 atom stereocenters. The van der Waals surface area contributed by atoms with Crippen LogP contribution in [0.4, 0.5) is 0 Å². The van der Waals surface area contributed by atoms with E-state index in [4.69, 9.17) is 10.2 Å². The van der Waals surface area contributed by atoms with E-state index in [-0.39, 0.29) is 22.1 Å². The third kappa shape index (κ3) is 2.71. The van der Waals surface area contributed by atoms with Crippen LogP contribution in [-0.2, 0) is 0 Å². The van der Waals surface area contributed by atoms with Gasteiger partial charge in [-0.15, -0.1) is 0 Å². The summed E-state index contributed by atoms with van der Waals surface area (Å²) in [5.41, 5.74) is 0.167. The molecule has 0 amide bonds. The summed E-state index contributed by atoms with van der Waals surface area (Å²) < 4.78 is 0. The third-order valence-electron chi connectivity index (χ3n) is 1.38. The summed E-state index contributed by atoms with van der Waals surface area (Å²) in [5.74, 6) is -2.13. The van der Waals surface area contributed by atoms with Gasteiger partial charge in [0.1, 0.15) is 0 Å². The largest absolute Gasteiger partial charge is 0.478 e. The second-order valence-corrected chi connectivity index (χ2v) is 2.19. The van der Waals surface area contributed by atoms with Crippen molar-refractivity contribution in [2.45, 2.75) is 0 Å². The Morgan fingerprint density at radius 2 is 1.08 bits per heavy atom. The molecule has 0 aliphatic rings. The highest BCUT2D eigenvalue weighted by Crippen LogP contribution is 2.03. The van der Waals surface area contributed by atoms with Gasteiger partial charge in [-0.2, -0.15) is 0 Å². The molecule has 0 radical (unpaired) electrons. The van der Waals surface area contributed by atoms with Gasteiger partial charge in [-0.05, 0) is 35.2 Å². The normalized spacial score (nSPS) is 8.62. The third-order valence-corrected chi connectivity index (χ3v) is 1.38. The molecule has 0 fully saturated rings. The monoisotopic (exact) mass is 198 g/mol. The Kier molecular flexibility index (Phi) is 3.86. The summed E-state index contributed by atoms with van der Waals surface area (Å²) in [5, 5.41) is 16.9. The predicted molar refractivity (Wildman–Crippen MR) is 51.7 cm³/mol. The van der Waals surface area contributed by atoms with Crippen LogP contribution in [0.25, 0.3) is 0 Å². The number of carboxylic acids is 2. The van der Waals surface area contributed by atoms with Gasteiger partial charge in [-0.1, -0.05) is 0 Å². The van der Waals surface area contributed by atoms with E-state index in [0.717, 1.165) is 0 Å². The van der Waals surface area contributed by atoms with Crippen LogP contribution in [0.5, 0.6) is 0 Å². The summed E-state index contributed by atoms with van der Waals surface area (Å²) in [4.78, 5) is 20.7. The van der Waals surface area contributed by atoms with E-state index in [0.29, 0.717) is 0 Å². The number of hydrogen-bond donors (Lipinski definition) is 2. The molecule has 0 bridgehead atoms. The number of carbonyl (C=O) groups is 2. The maximum Gasteiger partial charge on any atom is 0.335 e. The van der Waals surface area contributed by atoms with Gasteiger partial charge in [0.25, 0.3) is 0 Å². The fourth-order valence-electron chi connectivity index (χ4n) is 0.755. The molecule has 0 saturated heterocycles. The van der Waals surface area contributed by atoms with E-state index in [1.807, 2.05) is 0 Å². The van der Waals surface area contributed by atoms with Crippen molar-refractivity contribution >= 4 is 22.9 Å². The quantitative estimate of drug-likeness (QED) is 0.636. The van der Waals surface area contributed by atoms with Crippen molar-refractivity contribution in [3.8, 4) is 0 Å². The molecule has 0 unspecified atom stereocenters. The van der Waals surface area contributed by atoms with E-state index in [9.17, 15) is 9.59 Å². The van der Waals surface area contributed by atoms with Crippen LogP contribution in [0, 0.1) is 0 Å². The van der Waals surface area contributed by atoms with E-state index >= 15 is 0 Å². The zero-order valence-electron chi connectivity index (χ0n) is 6.02. The van der Waals surface area contributed by atoms with Crippen molar-refractivity contribution in [1.82, 2.24) is 0 Å². The lowest BCUT2D eigenvalue weighted by Gasteiger charge is -1.94. The summed E-state index contributed by atoms with van der Waals surface area (Å²) in [7, 11) is 0. The molecule has 0 aromatic heterocycles. The molecule has 2 N–H and O–H groups in total. The van der Waals surface area contributed by atoms with Crippen molar-refractivity contribution in [3.05, 3.63) is 35.4 Å². The average molecular weight is 198 g/mol. The van der Waals surface area contributed by atoms with Crippen LogP contribution in [0.3, 0.4) is 0 Å². The first kappa shape index (κ1) is 11.4. The average Bonchev–Trinajstić information content (AvgIpc) is 2.04. The van der Waals surface area contributed by atoms with E-state index in [1.54, 1.807) is 0 Å².